The summed E-state index contributed by atoms with van der Waals surface area (Å²) in [7, 11) is 1.20. The van der Waals surface area contributed by atoms with E-state index in [0.29, 0.717) is 17.9 Å². The molecule has 0 fully saturated rings. The first-order valence-electron chi connectivity index (χ1n) is 10.0. The summed E-state index contributed by atoms with van der Waals surface area (Å²) >= 11 is 0. The second-order valence-corrected chi connectivity index (χ2v) is 9.38. The van der Waals surface area contributed by atoms with E-state index in [1.807, 2.05) is 42.3 Å². The first-order valence-corrected chi connectivity index (χ1v) is 11.5. The molecular weight excluding hydrogens is 426 g/mol. The van der Waals surface area contributed by atoms with Gasteiger partial charge in [0, 0.05) is 19.3 Å². The summed E-state index contributed by atoms with van der Waals surface area (Å²) in [6, 6.07) is 22.7. The van der Waals surface area contributed by atoms with Gasteiger partial charge in [-0.1, -0.05) is 36.4 Å². The zero-order chi connectivity index (χ0) is 23.1. The van der Waals surface area contributed by atoms with Crippen LogP contribution in [0.1, 0.15) is 5.56 Å². The molecule has 32 heavy (non-hydrogen) atoms. The van der Waals surface area contributed by atoms with Crippen LogP contribution in [-0.4, -0.2) is 47.0 Å². The second-order valence-electron chi connectivity index (χ2n) is 7.41. The molecule has 0 saturated carbocycles. The molecule has 168 valence electrons. The molecule has 0 aliphatic rings. The molecule has 3 aromatic carbocycles. The summed E-state index contributed by atoms with van der Waals surface area (Å²) in [4.78, 5) is 14.5. The number of ether oxygens (including phenoxy) is 1. The molecule has 0 aromatic heterocycles. The fraction of sp³-hybridized carbons (Fsp3) is 0.208. The molecule has 8 heteroatoms. The zero-order valence-corrected chi connectivity index (χ0v) is 19.2. The van der Waals surface area contributed by atoms with Crippen LogP contribution >= 0.6 is 0 Å². The van der Waals surface area contributed by atoms with Crippen molar-refractivity contribution in [3.8, 4) is 5.75 Å². The third-order valence-electron chi connectivity index (χ3n) is 4.90. The molecule has 7 nitrogen and oxygen atoms in total. The number of nitrogens with zero attached hydrogens (tertiary/aromatic N) is 2. The van der Waals surface area contributed by atoms with Gasteiger partial charge in [0.1, 0.15) is 5.75 Å². The molecule has 3 aromatic rings. The van der Waals surface area contributed by atoms with Crippen LogP contribution in [0.3, 0.4) is 0 Å². The minimum atomic E-state index is -3.76. The van der Waals surface area contributed by atoms with Crippen LogP contribution in [0.25, 0.3) is 0 Å². The number of hydrogen-bond donors (Lipinski definition) is 1. The fourth-order valence-corrected chi connectivity index (χ4v) is 4.50. The Morgan fingerprint density at radius 2 is 1.66 bits per heavy atom. The number of carbonyl (C=O) groups is 1. The maximum absolute atomic E-state index is 13.0. The van der Waals surface area contributed by atoms with E-state index in [2.05, 4.69) is 5.32 Å². The number of nitrogens with one attached hydrogen (secondary N) is 1. The van der Waals surface area contributed by atoms with Crippen LogP contribution < -0.4 is 14.4 Å². The van der Waals surface area contributed by atoms with Crippen molar-refractivity contribution in [3.63, 3.8) is 0 Å². The summed E-state index contributed by atoms with van der Waals surface area (Å²) in [5.41, 5.74) is 2.00. The predicted molar refractivity (Wildman–Crippen MR) is 126 cm³/mol. The lowest BCUT2D eigenvalue weighted by molar-refractivity contribution is -0.117. The molecule has 3 rings (SSSR count). The third-order valence-corrected chi connectivity index (χ3v) is 6.68. The normalized spacial score (nSPS) is 11.2. The molecule has 0 radical (unpaired) electrons. The summed E-state index contributed by atoms with van der Waals surface area (Å²) < 4.78 is 32.4. The van der Waals surface area contributed by atoms with Crippen molar-refractivity contribution in [2.75, 3.05) is 37.4 Å². The number of hydrogen-bond acceptors (Lipinski definition) is 5. The van der Waals surface area contributed by atoms with Crippen LogP contribution in [-0.2, 0) is 21.4 Å². The first kappa shape index (κ1) is 23.3. The van der Waals surface area contributed by atoms with E-state index >= 15 is 0 Å². The lowest BCUT2D eigenvalue weighted by Crippen LogP contribution is -2.30. The smallest absolute Gasteiger partial charge is 0.264 e. The Morgan fingerprint density at radius 3 is 2.38 bits per heavy atom. The molecule has 1 N–H and O–H groups in total. The minimum Gasteiger partial charge on any atom is -0.497 e. The Morgan fingerprint density at radius 1 is 0.938 bits per heavy atom. The molecular formula is C24H27N3O4S. The highest BCUT2D eigenvalue weighted by Crippen LogP contribution is 2.23. The first-order chi connectivity index (χ1) is 15.3. The van der Waals surface area contributed by atoms with Crippen molar-refractivity contribution in [3.05, 3.63) is 84.4 Å². The second kappa shape index (κ2) is 10.3. The molecule has 1 amide bonds. The van der Waals surface area contributed by atoms with E-state index in [0.717, 1.165) is 11.3 Å². The number of amides is 1. The molecule has 0 heterocycles. The van der Waals surface area contributed by atoms with E-state index in [1.165, 1.54) is 23.5 Å². The minimum absolute atomic E-state index is 0.103. The average Bonchev–Trinajstić information content (AvgIpc) is 2.79. The van der Waals surface area contributed by atoms with Crippen molar-refractivity contribution >= 4 is 27.3 Å². The van der Waals surface area contributed by atoms with Gasteiger partial charge >= 0.3 is 0 Å². The number of benzene rings is 3. The molecule has 0 unspecified atom stereocenters. The topological polar surface area (TPSA) is 79.0 Å². The van der Waals surface area contributed by atoms with Gasteiger partial charge in [0.2, 0.25) is 5.91 Å². The van der Waals surface area contributed by atoms with Crippen LogP contribution in [0.2, 0.25) is 0 Å². The Hall–Kier alpha value is -3.36. The van der Waals surface area contributed by atoms with Crippen molar-refractivity contribution in [2.45, 2.75) is 11.4 Å². The van der Waals surface area contributed by atoms with Crippen molar-refractivity contribution in [1.82, 2.24) is 4.90 Å². The Balaban J connectivity index is 1.65. The Labute approximate surface area is 189 Å². The van der Waals surface area contributed by atoms with Gasteiger partial charge in [-0.15, -0.1) is 0 Å². The monoisotopic (exact) mass is 453 g/mol. The molecule has 0 aliphatic carbocycles. The number of carbonyl (C=O) groups excluding carboxylic acids is 1. The number of methoxy groups -OCH3 is 1. The Kier molecular flexibility index (Phi) is 7.50. The standard InChI is InChI=1S/C24H27N3O4S/c1-26(17-19-9-7-13-22(15-19)31-3)18-24(28)25-20-10-8-14-23(16-20)32(29,30)27(2)21-11-5-4-6-12-21/h4-16H,17-18H2,1-3H3,(H,25,28). The van der Waals surface area contributed by atoms with E-state index in [-0.39, 0.29) is 17.3 Å². The molecule has 0 aliphatic heterocycles. The van der Waals surface area contributed by atoms with Crippen molar-refractivity contribution < 1.29 is 17.9 Å². The molecule has 0 saturated heterocycles. The van der Waals surface area contributed by atoms with E-state index in [4.69, 9.17) is 4.74 Å². The van der Waals surface area contributed by atoms with Gasteiger partial charge < -0.3 is 10.1 Å². The fourth-order valence-electron chi connectivity index (χ4n) is 3.25. The summed E-state index contributed by atoms with van der Waals surface area (Å²) in [6.07, 6.45) is 0. The average molecular weight is 454 g/mol. The van der Waals surface area contributed by atoms with E-state index in [1.54, 1.807) is 43.5 Å². The van der Waals surface area contributed by atoms with E-state index < -0.39 is 10.0 Å². The van der Waals surface area contributed by atoms with E-state index in [9.17, 15) is 13.2 Å². The molecule has 0 bridgehead atoms. The number of rotatable bonds is 9. The quantitative estimate of drug-likeness (QED) is 0.536. The summed E-state index contributed by atoms with van der Waals surface area (Å²) in [5.74, 6) is 0.528. The largest absolute Gasteiger partial charge is 0.497 e. The summed E-state index contributed by atoms with van der Waals surface area (Å²) in [6.45, 7) is 0.721. The zero-order valence-electron chi connectivity index (χ0n) is 18.4. The van der Waals surface area contributed by atoms with Gasteiger partial charge in [0.15, 0.2) is 0 Å². The van der Waals surface area contributed by atoms with Crippen LogP contribution in [0.15, 0.2) is 83.8 Å². The number of anilines is 2. The Bertz CT molecular complexity index is 1170. The van der Waals surface area contributed by atoms with Crippen LogP contribution in [0, 0.1) is 0 Å². The molecule has 0 spiro atoms. The maximum Gasteiger partial charge on any atom is 0.264 e. The van der Waals surface area contributed by atoms with Gasteiger partial charge in [0.05, 0.1) is 24.2 Å². The SMILES string of the molecule is COc1cccc(CN(C)CC(=O)Nc2cccc(S(=O)(=O)N(C)c3ccccc3)c2)c1. The number of likely N-dealkylation sites (N-methyl/N-ethyl adjacent to an activating group) is 1. The van der Waals surface area contributed by atoms with Gasteiger partial charge in [-0.3, -0.25) is 14.0 Å². The van der Waals surface area contributed by atoms with Crippen molar-refractivity contribution in [2.24, 2.45) is 0 Å². The number of sulfonamides is 1. The lowest BCUT2D eigenvalue weighted by atomic mass is 10.2. The van der Waals surface area contributed by atoms with Crippen LogP contribution in [0.5, 0.6) is 5.75 Å². The predicted octanol–water partition coefficient (Wildman–Crippen LogP) is 3.59. The maximum atomic E-state index is 13.0. The highest BCUT2D eigenvalue weighted by Gasteiger charge is 2.21. The van der Waals surface area contributed by atoms with Gasteiger partial charge in [-0.25, -0.2) is 8.42 Å². The van der Waals surface area contributed by atoms with Crippen LogP contribution in [0.4, 0.5) is 11.4 Å². The number of para-hydroxylation sites is 1. The highest BCUT2D eigenvalue weighted by molar-refractivity contribution is 7.92. The van der Waals surface area contributed by atoms with Gasteiger partial charge in [-0.05, 0) is 55.1 Å². The molecule has 0 atom stereocenters. The third kappa shape index (κ3) is 5.87. The summed E-state index contributed by atoms with van der Waals surface area (Å²) in [5, 5.41) is 2.78. The van der Waals surface area contributed by atoms with Gasteiger partial charge in [-0.2, -0.15) is 0 Å². The highest BCUT2D eigenvalue weighted by atomic mass is 32.2. The van der Waals surface area contributed by atoms with Gasteiger partial charge in [0.25, 0.3) is 10.0 Å². The van der Waals surface area contributed by atoms with Crippen molar-refractivity contribution in [1.29, 1.82) is 0 Å². The lowest BCUT2D eigenvalue weighted by Gasteiger charge is -2.20.